The van der Waals surface area contributed by atoms with E-state index in [1.165, 1.54) is 33.4 Å². The number of aromatic nitrogens is 3. The summed E-state index contributed by atoms with van der Waals surface area (Å²) in [5.74, 6) is 1.14. The minimum absolute atomic E-state index is 0.0620. The standard InChI is InChI=1S/C30H22ClN3/c1-30(2)25-14-7-6-11-23(25)24-13-8-12-22(26(24)30)19-15-17-21(18-16-19)28-32-27(33-29(31)34-28)20-9-4-3-5-10-20/h3-18H,1-2H3. The van der Waals surface area contributed by atoms with E-state index in [9.17, 15) is 0 Å². The van der Waals surface area contributed by atoms with Crippen LogP contribution in [0.3, 0.4) is 0 Å². The lowest BCUT2D eigenvalue weighted by atomic mass is 9.79. The van der Waals surface area contributed by atoms with Gasteiger partial charge in [0.1, 0.15) is 0 Å². The molecule has 0 saturated heterocycles. The highest BCUT2D eigenvalue weighted by atomic mass is 35.5. The molecule has 4 aromatic carbocycles. The minimum Gasteiger partial charge on any atom is -0.208 e. The maximum Gasteiger partial charge on any atom is 0.226 e. The lowest BCUT2D eigenvalue weighted by Crippen LogP contribution is -2.16. The summed E-state index contributed by atoms with van der Waals surface area (Å²) in [6.45, 7) is 4.63. The predicted octanol–water partition coefficient (Wildman–Crippen LogP) is 7.83. The number of fused-ring (bicyclic) bond motifs is 3. The van der Waals surface area contributed by atoms with Crippen LogP contribution in [-0.4, -0.2) is 15.0 Å². The summed E-state index contributed by atoms with van der Waals surface area (Å²) in [6.07, 6.45) is 0. The molecule has 0 saturated carbocycles. The van der Waals surface area contributed by atoms with Gasteiger partial charge in [-0.25, -0.2) is 4.98 Å². The van der Waals surface area contributed by atoms with E-state index in [-0.39, 0.29) is 10.7 Å². The van der Waals surface area contributed by atoms with E-state index in [0.717, 1.165) is 11.1 Å². The maximum atomic E-state index is 6.25. The molecule has 164 valence electrons. The summed E-state index contributed by atoms with van der Waals surface area (Å²) in [5.41, 5.74) is 9.57. The third-order valence-corrected chi connectivity index (χ3v) is 6.84. The van der Waals surface area contributed by atoms with Gasteiger partial charge in [0, 0.05) is 16.5 Å². The van der Waals surface area contributed by atoms with Crippen molar-refractivity contribution in [3.05, 3.63) is 113 Å². The first-order valence-corrected chi connectivity index (χ1v) is 11.7. The van der Waals surface area contributed by atoms with E-state index in [4.69, 9.17) is 11.6 Å². The number of halogens is 1. The molecule has 0 N–H and O–H groups in total. The molecule has 1 heterocycles. The predicted molar refractivity (Wildman–Crippen MR) is 139 cm³/mol. The molecule has 0 spiro atoms. The van der Waals surface area contributed by atoms with E-state index in [1.54, 1.807) is 0 Å². The summed E-state index contributed by atoms with van der Waals surface area (Å²) in [5, 5.41) is 0.188. The molecule has 5 aromatic rings. The van der Waals surface area contributed by atoms with E-state index < -0.39 is 0 Å². The number of hydrogen-bond donors (Lipinski definition) is 0. The Balaban J connectivity index is 1.41. The highest BCUT2D eigenvalue weighted by Crippen LogP contribution is 2.51. The molecular formula is C30H22ClN3. The van der Waals surface area contributed by atoms with Crippen LogP contribution in [0.4, 0.5) is 0 Å². The van der Waals surface area contributed by atoms with E-state index in [2.05, 4.69) is 95.5 Å². The molecule has 0 aliphatic heterocycles. The molecule has 3 nitrogen and oxygen atoms in total. The van der Waals surface area contributed by atoms with Crippen molar-refractivity contribution in [2.75, 3.05) is 0 Å². The third-order valence-electron chi connectivity index (χ3n) is 6.67. The van der Waals surface area contributed by atoms with Gasteiger partial charge in [-0.2, -0.15) is 9.97 Å². The van der Waals surface area contributed by atoms with Crippen molar-refractivity contribution in [1.29, 1.82) is 0 Å². The van der Waals surface area contributed by atoms with E-state index in [0.29, 0.717) is 11.6 Å². The molecular weight excluding hydrogens is 438 g/mol. The number of nitrogens with zero attached hydrogens (tertiary/aromatic N) is 3. The molecule has 1 aliphatic rings. The van der Waals surface area contributed by atoms with Crippen molar-refractivity contribution >= 4 is 11.6 Å². The molecule has 1 aliphatic carbocycles. The molecule has 0 bridgehead atoms. The molecule has 0 amide bonds. The molecule has 6 rings (SSSR count). The normalized spacial score (nSPS) is 13.4. The zero-order chi connectivity index (χ0) is 23.3. The van der Waals surface area contributed by atoms with Gasteiger partial charge < -0.3 is 0 Å². The van der Waals surface area contributed by atoms with Crippen molar-refractivity contribution in [3.8, 4) is 45.0 Å². The Morgan fingerprint density at radius 1 is 0.529 bits per heavy atom. The van der Waals surface area contributed by atoms with Gasteiger partial charge in [-0.15, -0.1) is 0 Å². The Kier molecular flexibility index (Phi) is 4.82. The van der Waals surface area contributed by atoms with Crippen molar-refractivity contribution < 1.29 is 0 Å². The van der Waals surface area contributed by atoms with Crippen LogP contribution in [0.5, 0.6) is 0 Å². The zero-order valence-corrected chi connectivity index (χ0v) is 19.7. The van der Waals surface area contributed by atoms with Gasteiger partial charge in [0.2, 0.25) is 5.28 Å². The first kappa shape index (κ1) is 20.8. The second kappa shape index (κ2) is 7.89. The van der Waals surface area contributed by atoms with Gasteiger partial charge in [-0.05, 0) is 45.0 Å². The topological polar surface area (TPSA) is 38.7 Å². The highest BCUT2D eigenvalue weighted by Gasteiger charge is 2.37. The van der Waals surface area contributed by atoms with Crippen LogP contribution < -0.4 is 0 Å². The fourth-order valence-electron chi connectivity index (χ4n) is 5.08. The fourth-order valence-corrected chi connectivity index (χ4v) is 5.24. The van der Waals surface area contributed by atoms with E-state index in [1.807, 2.05) is 30.3 Å². The van der Waals surface area contributed by atoms with Crippen molar-refractivity contribution in [1.82, 2.24) is 15.0 Å². The molecule has 0 atom stereocenters. The largest absolute Gasteiger partial charge is 0.226 e. The lowest BCUT2D eigenvalue weighted by Gasteiger charge is -2.24. The molecule has 1 aromatic heterocycles. The highest BCUT2D eigenvalue weighted by molar-refractivity contribution is 6.28. The maximum absolute atomic E-state index is 6.25. The van der Waals surface area contributed by atoms with Crippen LogP contribution in [0.15, 0.2) is 97.1 Å². The smallest absolute Gasteiger partial charge is 0.208 e. The van der Waals surface area contributed by atoms with Crippen LogP contribution in [0.1, 0.15) is 25.0 Å². The fraction of sp³-hybridized carbons (Fsp3) is 0.100. The average Bonchev–Trinajstić information content (AvgIpc) is 3.11. The molecule has 4 heteroatoms. The van der Waals surface area contributed by atoms with Crippen molar-refractivity contribution in [2.24, 2.45) is 0 Å². The SMILES string of the molecule is CC1(C)c2ccccc2-c2cccc(-c3ccc(-c4nc(Cl)nc(-c5ccccc5)n4)cc3)c21. The Labute approximate surface area is 204 Å². The van der Waals surface area contributed by atoms with Gasteiger partial charge in [0.05, 0.1) is 0 Å². The Hall–Kier alpha value is -3.82. The van der Waals surface area contributed by atoms with Gasteiger partial charge >= 0.3 is 0 Å². The second-order valence-corrected chi connectivity index (χ2v) is 9.43. The summed E-state index contributed by atoms with van der Waals surface area (Å²) < 4.78 is 0. The number of benzene rings is 4. The molecule has 34 heavy (non-hydrogen) atoms. The number of rotatable bonds is 3. The lowest BCUT2D eigenvalue weighted by molar-refractivity contribution is 0.662. The van der Waals surface area contributed by atoms with Crippen molar-refractivity contribution in [2.45, 2.75) is 19.3 Å². The summed E-state index contributed by atoms with van der Waals surface area (Å²) in [7, 11) is 0. The first-order chi connectivity index (χ1) is 16.5. The average molecular weight is 460 g/mol. The molecule has 0 radical (unpaired) electrons. The summed E-state index contributed by atoms with van der Waals surface area (Å²) >= 11 is 6.25. The van der Waals surface area contributed by atoms with Crippen molar-refractivity contribution in [3.63, 3.8) is 0 Å². The Morgan fingerprint density at radius 2 is 1.09 bits per heavy atom. The Morgan fingerprint density at radius 3 is 1.82 bits per heavy atom. The third kappa shape index (κ3) is 3.32. The molecule has 0 unspecified atom stereocenters. The van der Waals surface area contributed by atoms with Crippen LogP contribution in [-0.2, 0) is 5.41 Å². The zero-order valence-electron chi connectivity index (χ0n) is 19.0. The van der Waals surface area contributed by atoms with Gasteiger partial charge in [0.25, 0.3) is 0 Å². The van der Waals surface area contributed by atoms with Gasteiger partial charge in [0.15, 0.2) is 11.6 Å². The van der Waals surface area contributed by atoms with Crippen LogP contribution in [0, 0.1) is 0 Å². The van der Waals surface area contributed by atoms with E-state index >= 15 is 0 Å². The van der Waals surface area contributed by atoms with Crippen LogP contribution in [0.25, 0.3) is 45.0 Å². The minimum atomic E-state index is -0.0620. The number of hydrogen-bond acceptors (Lipinski definition) is 3. The van der Waals surface area contributed by atoms with Gasteiger partial charge in [-0.1, -0.05) is 111 Å². The first-order valence-electron chi connectivity index (χ1n) is 11.3. The second-order valence-electron chi connectivity index (χ2n) is 9.09. The van der Waals surface area contributed by atoms with Crippen LogP contribution >= 0.6 is 11.6 Å². The van der Waals surface area contributed by atoms with Crippen LogP contribution in [0.2, 0.25) is 5.28 Å². The summed E-state index contributed by atoms with van der Waals surface area (Å²) in [6, 6.07) is 33.5. The quantitative estimate of drug-likeness (QED) is 0.276. The molecule has 0 fully saturated rings. The van der Waals surface area contributed by atoms with Gasteiger partial charge in [-0.3, -0.25) is 0 Å². The Bertz CT molecular complexity index is 1520. The summed E-state index contributed by atoms with van der Waals surface area (Å²) in [4.78, 5) is 13.4. The monoisotopic (exact) mass is 459 g/mol.